The van der Waals surface area contributed by atoms with Crippen molar-refractivity contribution >= 4 is 11.8 Å². The zero-order valence-corrected chi connectivity index (χ0v) is 15.2. The van der Waals surface area contributed by atoms with Crippen LogP contribution in [0.5, 0.6) is 0 Å². The highest BCUT2D eigenvalue weighted by molar-refractivity contribution is 6.21. The third-order valence-corrected chi connectivity index (χ3v) is 4.82. The van der Waals surface area contributed by atoms with Crippen molar-refractivity contribution in [3.8, 4) is 11.3 Å². The summed E-state index contributed by atoms with van der Waals surface area (Å²) >= 11 is 0. The minimum Gasteiger partial charge on any atom is -0.274 e. The summed E-state index contributed by atoms with van der Waals surface area (Å²) in [6.45, 7) is 0.766. The predicted octanol–water partition coefficient (Wildman–Crippen LogP) is 2.99. The van der Waals surface area contributed by atoms with Crippen LogP contribution in [0, 0.1) is 0 Å². The number of aromatic nitrogens is 2. The Kier molecular flexibility index (Phi) is 4.85. The molecule has 0 saturated heterocycles. The monoisotopic (exact) mass is 373 g/mol. The average molecular weight is 373 g/mol. The van der Waals surface area contributed by atoms with Gasteiger partial charge >= 0.3 is 0 Å². The summed E-state index contributed by atoms with van der Waals surface area (Å²) in [5, 5.41) is 4.43. The Morgan fingerprint density at radius 2 is 1.29 bits per heavy atom. The van der Waals surface area contributed by atoms with Gasteiger partial charge in [0.15, 0.2) is 0 Å². The smallest absolute Gasteiger partial charge is 0.266 e. The maximum Gasteiger partial charge on any atom is 0.266 e. The number of rotatable bonds is 6. The minimum absolute atomic E-state index is 0.166. The molecule has 0 aliphatic carbocycles. The normalized spacial score (nSPS) is 13.1. The summed E-state index contributed by atoms with van der Waals surface area (Å²) in [4.78, 5) is 38.1. The van der Waals surface area contributed by atoms with Gasteiger partial charge in [0.25, 0.3) is 17.4 Å². The Morgan fingerprint density at radius 1 is 0.679 bits per heavy atom. The van der Waals surface area contributed by atoms with E-state index < -0.39 is 0 Å². The molecule has 1 aliphatic rings. The van der Waals surface area contributed by atoms with E-state index in [1.165, 1.54) is 15.6 Å². The summed E-state index contributed by atoms with van der Waals surface area (Å²) in [5.74, 6) is -0.496. The first-order chi connectivity index (χ1) is 13.6. The van der Waals surface area contributed by atoms with Crippen molar-refractivity contribution in [2.75, 3.05) is 6.54 Å². The molecule has 0 bridgehead atoms. The number of carbonyl (C=O) groups is 2. The lowest BCUT2D eigenvalue weighted by molar-refractivity contribution is 0.0651. The number of aryl methyl sites for hydroxylation is 1. The number of unbranched alkanes of at least 4 members (excludes halogenated alkanes) is 1. The van der Waals surface area contributed by atoms with E-state index in [0.29, 0.717) is 37.1 Å². The van der Waals surface area contributed by atoms with Gasteiger partial charge < -0.3 is 0 Å². The molecule has 0 unspecified atom stereocenters. The van der Waals surface area contributed by atoms with Crippen LogP contribution in [0.4, 0.5) is 0 Å². The molecule has 2 heterocycles. The van der Waals surface area contributed by atoms with Crippen LogP contribution in [0.25, 0.3) is 11.3 Å². The Hall–Kier alpha value is -3.54. The molecule has 1 aromatic heterocycles. The fraction of sp³-hybridized carbons (Fsp3) is 0.182. The third-order valence-electron chi connectivity index (χ3n) is 4.82. The fourth-order valence-electron chi connectivity index (χ4n) is 3.35. The van der Waals surface area contributed by atoms with E-state index in [9.17, 15) is 14.4 Å². The second kappa shape index (κ2) is 7.60. The third kappa shape index (κ3) is 3.36. The maximum atomic E-state index is 12.4. The van der Waals surface area contributed by atoms with Gasteiger partial charge in [-0.2, -0.15) is 5.10 Å². The summed E-state index contributed by atoms with van der Waals surface area (Å²) in [6, 6.07) is 19.8. The number of hydrogen-bond acceptors (Lipinski definition) is 4. The standard InChI is InChI=1S/C22H19N3O3/c26-20-13-12-19(16-8-2-1-3-9-16)23-25(20)15-7-6-14-24-21(27)17-10-4-5-11-18(17)22(24)28/h1-5,8-13H,6-7,14-15H2. The Morgan fingerprint density at radius 3 is 1.96 bits per heavy atom. The molecule has 3 aromatic rings. The number of amides is 2. The van der Waals surface area contributed by atoms with Gasteiger partial charge in [-0.25, -0.2) is 4.68 Å². The number of hydrogen-bond donors (Lipinski definition) is 0. The van der Waals surface area contributed by atoms with E-state index in [1.807, 2.05) is 30.3 Å². The van der Waals surface area contributed by atoms with Gasteiger partial charge in [0.05, 0.1) is 16.8 Å². The second-order valence-electron chi connectivity index (χ2n) is 6.66. The lowest BCUT2D eigenvalue weighted by atomic mass is 10.1. The van der Waals surface area contributed by atoms with E-state index in [4.69, 9.17) is 0 Å². The summed E-state index contributed by atoms with van der Waals surface area (Å²) < 4.78 is 1.44. The van der Waals surface area contributed by atoms with E-state index >= 15 is 0 Å². The number of fused-ring (bicyclic) bond motifs is 1. The quantitative estimate of drug-likeness (QED) is 0.492. The van der Waals surface area contributed by atoms with Gasteiger partial charge in [-0.05, 0) is 31.0 Å². The summed E-state index contributed by atoms with van der Waals surface area (Å²) in [5.41, 5.74) is 2.44. The zero-order valence-electron chi connectivity index (χ0n) is 15.2. The Labute approximate surface area is 162 Å². The van der Waals surface area contributed by atoms with Crippen molar-refractivity contribution in [1.82, 2.24) is 14.7 Å². The average Bonchev–Trinajstić information content (AvgIpc) is 2.98. The number of imide groups is 1. The van der Waals surface area contributed by atoms with Gasteiger partial charge in [0.2, 0.25) is 0 Å². The van der Waals surface area contributed by atoms with E-state index in [2.05, 4.69) is 5.10 Å². The molecule has 2 aromatic carbocycles. The summed E-state index contributed by atoms with van der Waals surface area (Å²) in [6.07, 6.45) is 1.24. The fourth-order valence-corrected chi connectivity index (χ4v) is 3.35. The van der Waals surface area contributed by atoms with Crippen LogP contribution in [0.15, 0.2) is 71.5 Å². The highest BCUT2D eigenvalue weighted by Crippen LogP contribution is 2.22. The van der Waals surface area contributed by atoms with Crippen LogP contribution in [0.1, 0.15) is 33.6 Å². The SMILES string of the molecule is O=C1c2ccccc2C(=O)N1CCCCn1nc(-c2ccccc2)ccc1=O. The molecule has 6 heteroatoms. The molecule has 4 rings (SSSR count). The molecule has 0 N–H and O–H groups in total. The van der Waals surface area contributed by atoms with Crippen LogP contribution < -0.4 is 5.56 Å². The molecular weight excluding hydrogens is 354 g/mol. The van der Waals surface area contributed by atoms with Crippen molar-refractivity contribution in [2.45, 2.75) is 19.4 Å². The van der Waals surface area contributed by atoms with Gasteiger partial charge in [0, 0.05) is 24.7 Å². The van der Waals surface area contributed by atoms with Crippen LogP contribution in [-0.4, -0.2) is 33.0 Å². The van der Waals surface area contributed by atoms with Crippen LogP contribution in [0.3, 0.4) is 0 Å². The van der Waals surface area contributed by atoms with Crippen LogP contribution in [-0.2, 0) is 6.54 Å². The van der Waals surface area contributed by atoms with Gasteiger partial charge in [-0.3, -0.25) is 19.3 Å². The first-order valence-electron chi connectivity index (χ1n) is 9.24. The molecule has 0 saturated carbocycles. The Balaban J connectivity index is 1.38. The van der Waals surface area contributed by atoms with Crippen molar-refractivity contribution in [2.24, 2.45) is 0 Å². The van der Waals surface area contributed by atoms with E-state index in [0.717, 1.165) is 11.3 Å². The molecule has 0 atom stereocenters. The molecule has 28 heavy (non-hydrogen) atoms. The van der Waals surface area contributed by atoms with Crippen molar-refractivity contribution in [3.05, 3.63) is 88.2 Å². The lowest BCUT2D eigenvalue weighted by Crippen LogP contribution is -2.31. The van der Waals surface area contributed by atoms with E-state index in [1.54, 1.807) is 30.3 Å². The van der Waals surface area contributed by atoms with Crippen molar-refractivity contribution < 1.29 is 9.59 Å². The Bertz CT molecular complexity index is 1050. The van der Waals surface area contributed by atoms with Gasteiger partial charge in [0.1, 0.15) is 0 Å². The molecule has 0 radical (unpaired) electrons. The first-order valence-corrected chi connectivity index (χ1v) is 9.24. The topological polar surface area (TPSA) is 72.3 Å². The predicted molar refractivity (Wildman–Crippen MR) is 105 cm³/mol. The highest BCUT2D eigenvalue weighted by atomic mass is 16.2. The molecule has 0 spiro atoms. The lowest BCUT2D eigenvalue weighted by Gasteiger charge is -2.13. The van der Waals surface area contributed by atoms with Crippen molar-refractivity contribution in [3.63, 3.8) is 0 Å². The van der Waals surface area contributed by atoms with Gasteiger partial charge in [-0.1, -0.05) is 42.5 Å². The molecule has 140 valence electrons. The second-order valence-corrected chi connectivity index (χ2v) is 6.66. The highest BCUT2D eigenvalue weighted by Gasteiger charge is 2.34. The molecule has 0 fully saturated rings. The first kappa shape index (κ1) is 17.9. The minimum atomic E-state index is -0.248. The number of nitrogens with zero attached hydrogens (tertiary/aromatic N) is 3. The molecule has 6 nitrogen and oxygen atoms in total. The van der Waals surface area contributed by atoms with Crippen LogP contribution >= 0.6 is 0 Å². The molecular formula is C22H19N3O3. The zero-order chi connectivity index (χ0) is 19.5. The number of benzene rings is 2. The largest absolute Gasteiger partial charge is 0.274 e. The number of carbonyl (C=O) groups excluding carboxylic acids is 2. The summed E-state index contributed by atoms with van der Waals surface area (Å²) in [7, 11) is 0. The van der Waals surface area contributed by atoms with Crippen molar-refractivity contribution in [1.29, 1.82) is 0 Å². The molecule has 1 aliphatic heterocycles. The van der Waals surface area contributed by atoms with E-state index in [-0.39, 0.29) is 17.4 Å². The van der Waals surface area contributed by atoms with Gasteiger partial charge in [-0.15, -0.1) is 0 Å². The van der Waals surface area contributed by atoms with Crippen LogP contribution in [0.2, 0.25) is 0 Å². The molecule has 2 amide bonds. The maximum absolute atomic E-state index is 12.4.